The van der Waals surface area contributed by atoms with Gasteiger partial charge in [0.2, 0.25) is 5.78 Å². The summed E-state index contributed by atoms with van der Waals surface area (Å²) in [4.78, 5) is 12.2. The highest BCUT2D eigenvalue weighted by Crippen LogP contribution is 2.35. The standard InChI is InChI=1S/C16H12O5/c1-20-11-4-2-9(13(18)8-11)6-15-16(19)12-5-3-10(17)7-14(12)21-15/h2-8,17-18H,1H3/b15-6+. The molecular weight excluding hydrogens is 272 g/mol. The van der Waals surface area contributed by atoms with E-state index in [1.807, 2.05) is 0 Å². The van der Waals surface area contributed by atoms with Crippen molar-refractivity contribution in [2.75, 3.05) is 7.11 Å². The van der Waals surface area contributed by atoms with Crippen molar-refractivity contribution in [3.05, 3.63) is 53.3 Å². The molecule has 2 aromatic carbocycles. The summed E-state index contributed by atoms with van der Waals surface area (Å²) in [6.07, 6.45) is 1.45. The van der Waals surface area contributed by atoms with E-state index >= 15 is 0 Å². The van der Waals surface area contributed by atoms with Gasteiger partial charge in [0.25, 0.3) is 0 Å². The van der Waals surface area contributed by atoms with Crippen LogP contribution in [-0.2, 0) is 0 Å². The van der Waals surface area contributed by atoms with Gasteiger partial charge in [-0.15, -0.1) is 0 Å². The Bertz CT molecular complexity index is 761. The molecule has 0 aliphatic carbocycles. The summed E-state index contributed by atoms with van der Waals surface area (Å²) in [5.41, 5.74) is 0.822. The van der Waals surface area contributed by atoms with Crippen molar-refractivity contribution in [2.45, 2.75) is 0 Å². The first kappa shape index (κ1) is 13.1. The summed E-state index contributed by atoms with van der Waals surface area (Å²) >= 11 is 0. The molecule has 0 fully saturated rings. The Labute approximate surface area is 120 Å². The Kier molecular flexibility index (Phi) is 3.02. The average molecular weight is 284 g/mol. The minimum Gasteiger partial charge on any atom is -0.508 e. The van der Waals surface area contributed by atoms with Gasteiger partial charge in [-0.05, 0) is 30.3 Å². The van der Waals surface area contributed by atoms with E-state index < -0.39 is 0 Å². The monoisotopic (exact) mass is 284 g/mol. The maximum absolute atomic E-state index is 12.2. The van der Waals surface area contributed by atoms with Gasteiger partial charge in [0, 0.05) is 17.7 Å². The number of allylic oxidation sites excluding steroid dienone is 1. The third-order valence-corrected chi connectivity index (χ3v) is 3.18. The van der Waals surface area contributed by atoms with Crippen molar-refractivity contribution in [3.8, 4) is 23.0 Å². The molecule has 0 saturated heterocycles. The fourth-order valence-electron chi connectivity index (χ4n) is 2.09. The zero-order valence-corrected chi connectivity index (χ0v) is 11.2. The van der Waals surface area contributed by atoms with Crippen LogP contribution in [0.25, 0.3) is 6.08 Å². The number of aromatic hydroxyl groups is 2. The molecule has 0 atom stereocenters. The molecule has 5 heteroatoms. The third kappa shape index (κ3) is 2.29. The number of hydrogen-bond acceptors (Lipinski definition) is 5. The molecule has 3 rings (SSSR count). The first-order valence-corrected chi connectivity index (χ1v) is 6.23. The van der Waals surface area contributed by atoms with Gasteiger partial charge in [-0.25, -0.2) is 0 Å². The fraction of sp³-hybridized carbons (Fsp3) is 0.0625. The predicted octanol–water partition coefficient (Wildman–Crippen LogP) is 2.72. The SMILES string of the molecule is COc1ccc(/C=C2/Oc3cc(O)ccc3C2=O)c(O)c1. The van der Waals surface area contributed by atoms with Crippen molar-refractivity contribution in [2.24, 2.45) is 0 Å². The quantitative estimate of drug-likeness (QED) is 0.829. The van der Waals surface area contributed by atoms with Gasteiger partial charge in [0.1, 0.15) is 23.0 Å². The number of methoxy groups -OCH3 is 1. The number of carbonyl (C=O) groups is 1. The van der Waals surface area contributed by atoms with Gasteiger partial charge >= 0.3 is 0 Å². The first-order valence-electron chi connectivity index (χ1n) is 6.23. The Hall–Kier alpha value is -2.95. The number of hydrogen-bond donors (Lipinski definition) is 2. The molecule has 21 heavy (non-hydrogen) atoms. The Morgan fingerprint density at radius 1 is 1.14 bits per heavy atom. The molecule has 0 aromatic heterocycles. The summed E-state index contributed by atoms with van der Waals surface area (Å²) in [6.45, 7) is 0. The zero-order valence-electron chi connectivity index (χ0n) is 11.2. The van der Waals surface area contributed by atoms with Crippen LogP contribution in [0.2, 0.25) is 0 Å². The molecule has 0 saturated carbocycles. The van der Waals surface area contributed by atoms with Crippen molar-refractivity contribution in [1.82, 2.24) is 0 Å². The average Bonchev–Trinajstić information content (AvgIpc) is 2.77. The van der Waals surface area contributed by atoms with Gasteiger partial charge < -0.3 is 19.7 Å². The summed E-state index contributed by atoms with van der Waals surface area (Å²) in [5, 5.41) is 19.3. The molecule has 5 nitrogen and oxygen atoms in total. The van der Waals surface area contributed by atoms with E-state index in [0.717, 1.165) is 0 Å². The van der Waals surface area contributed by atoms with Crippen molar-refractivity contribution >= 4 is 11.9 Å². The van der Waals surface area contributed by atoms with Crippen LogP contribution in [-0.4, -0.2) is 23.1 Å². The van der Waals surface area contributed by atoms with Gasteiger partial charge in [-0.1, -0.05) is 0 Å². The molecular formula is C16H12O5. The van der Waals surface area contributed by atoms with E-state index in [1.54, 1.807) is 12.1 Å². The van der Waals surface area contributed by atoms with Crippen LogP contribution in [0, 0.1) is 0 Å². The summed E-state index contributed by atoms with van der Waals surface area (Å²) in [7, 11) is 1.50. The Morgan fingerprint density at radius 2 is 1.95 bits per heavy atom. The lowest BCUT2D eigenvalue weighted by Crippen LogP contribution is -1.98. The number of carbonyl (C=O) groups excluding carboxylic acids is 1. The summed E-state index contributed by atoms with van der Waals surface area (Å²) in [5.74, 6) is 0.629. The Balaban J connectivity index is 1.97. The van der Waals surface area contributed by atoms with Gasteiger partial charge in [0.15, 0.2) is 5.76 Å². The van der Waals surface area contributed by atoms with E-state index in [2.05, 4.69) is 0 Å². The van der Waals surface area contributed by atoms with E-state index in [4.69, 9.17) is 9.47 Å². The Morgan fingerprint density at radius 3 is 2.67 bits per heavy atom. The minimum absolute atomic E-state index is 0.0166. The maximum Gasteiger partial charge on any atom is 0.231 e. The normalized spacial score (nSPS) is 14.9. The number of rotatable bonds is 2. The van der Waals surface area contributed by atoms with Crippen LogP contribution in [0.5, 0.6) is 23.0 Å². The topological polar surface area (TPSA) is 76.0 Å². The maximum atomic E-state index is 12.2. The molecule has 1 heterocycles. The van der Waals surface area contributed by atoms with Crippen LogP contribution >= 0.6 is 0 Å². The molecule has 1 aliphatic rings. The highest BCUT2D eigenvalue weighted by Gasteiger charge is 2.27. The summed E-state index contributed by atoms with van der Waals surface area (Å²) < 4.78 is 10.4. The summed E-state index contributed by atoms with van der Waals surface area (Å²) in [6, 6.07) is 9.05. The lowest BCUT2D eigenvalue weighted by Gasteiger charge is -2.04. The predicted molar refractivity (Wildman–Crippen MR) is 75.7 cm³/mol. The van der Waals surface area contributed by atoms with Crippen LogP contribution < -0.4 is 9.47 Å². The first-order chi connectivity index (χ1) is 10.1. The highest BCUT2D eigenvalue weighted by molar-refractivity contribution is 6.14. The van der Waals surface area contributed by atoms with Crippen LogP contribution in [0.4, 0.5) is 0 Å². The highest BCUT2D eigenvalue weighted by atomic mass is 16.5. The zero-order chi connectivity index (χ0) is 15.0. The lowest BCUT2D eigenvalue weighted by atomic mass is 10.1. The fourth-order valence-corrected chi connectivity index (χ4v) is 2.09. The van der Waals surface area contributed by atoms with E-state index in [-0.39, 0.29) is 23.0 Å². The molecule has 2 aromatic rings. The smallest absolute Gasteiger partial charge is 0.231 e. The molecule has 0 spiro atoms. The van der Waals surface area contributed by atoms with Gasteiger partial charge in [0.05, 0.1) is 12.7 Å². The number of phenols is 2. The number of ketones is 1. The number of Topliss-reactive ketones (excluding diaryl/α,β-unsaturated/α-hetero) is 1. The molecule has 0 bridgehead atoms. The number of fused-ring (bicyclic) bond motifs is 1. The molecule has 0 unspecified atom stereocenters. The molecule has 0 radical (unpaired) electrons. The van der Waals surface area contributed by atoms with Crippen molar-refractivity contribution in [1.29, 1.82) is 0 Å². The van der Waals surface area contributed by atoms with E-state index in [1.165, 1.54) is 37.5 Å². The molecule has 2 N–H and O–H groups in total. The number of ether oxygens (including phenoxy) is 2. The van der Waals surface area contributed by atoms with Crippen molar-refractivity contribution in [3.63, 3.8) is 0 Å². The lowest BCUT2D eigenvalue weighted by molar-refractivity contribution is 0.101. The largest absolute Gasteiger partial charge is 0.508 e. The third-order valence-electron chi connectivity index (χ3n) is 3.18. The van der Waals surface area contributed by atoms with Crippen molar-refractivity contribution < 1.29 is 24.5 Å². The van der Waals surface area contributed by atoms with Crippen LogP contribution in [0.1, 0.15) is 15.9 Å². The van der Waals surface area contributed by atoms with Gasteiger partial charge in [-0.2, -0.15) is 0 Å². The van der Waals surface area contributed by atoms with E-state index in [9.17, 15) is 15.0 Å². The molecule has 1 aliphatic heterocycles. The minimum atomic E-state index is -0.291. The van der Waals surface area contributed by atoms with Crippen LogP contribution in [0.15, 0.2) is 42.2 Å². The molecule has 0 amide bonds. The second kappa shape index (κ2) is 4.86. The number of phenolic OH excluding ortho intramolecular Hbond substituents is 2. The van der Waals surface area contributed by atoms with Crippen LogP contribution in [0.3, 0.4) is 0 Å². The molecule has 106 valence electrons. The second-order valence-electron chi connectivity index (χ2n) is 4.54. The van der Waals surface area contributed by atoms with E-state index in [0.29, 0.717) is 22.6 Å². The second-order valence-corrected chi connectivity index (χ2v) is 4.54. The van der Waals surface area contributed by atoms with Gasteiger partial charge in [-0.3, -0.25) is 4.79 Å². The number of benzene rings is 2.